The monoisotopic (exact) mass is 994 g/mol. The lowest BCUT2D eigenvalue weighted by molar-refractivity contribution is -0.314. The maximum atomic E-state index is 14.2. The smallest absolute Gasteiger partial charge is 0.338 e. The van der Waals surface area contributed by atoms with Gasteiger partial charge in [0, 0.05) is 12.3 Å². The lowest BCUT2D eigenvalue weighted by atomic mass is 9.44. The molecule has 4 aromatic carbocycles. The summed E-state index contributed by atoms with van der Waals surface area (Å²) in [6.45, 7) is 10.2. The summed E-state index contributed by atoms with van der Waals surface area (Å²) in [5, 5.41) is 0. The van der Waals surface area contributed by atoms with Crippen LogP contribution in [0.3, 0.4) is 0 Å². The van der Waals surface area contributed by atoms with Crippen LogP contribution in [0, 0.1) is 52.3 Å². The van der Waals surface area contributed by atoms with Gasteiger partial charge >= 0.3 is 23.9 Å². The Hall–Kier alpha value is -5.40. The molecule has 12 nitrogen and oxygen atoms in total. The molecule has 4 saturated carbocycles. The van der Waals surface area contributed by atoms with Crippen molar-refractivity contribution in [1.29, 1.82) is 0 Å². The summed E-state index contributed by atoms with van der Waals surface area (Å²) in [6.07, 6.45) is 3.36. The van der Waals surface area contributed by atoms with E-state index in [0.29, 0.717) is 47.0 Å². The van der Waals surface area contributed by atoms with E-state index in [0.717, 1.165) is 58.0 Å². The van der Waals surface area contributed by atoms with Crippen molar-refractivity contribution in [3.8, 4) is 0 Å². The molecule has 0 N–H and O–H groups in total. The van der Waals surface area contributed by atoms with E-state index in [-0.39, 0.29) is 39.7 Å². The highest BCUT2D eigenvalue weighted by Crippen LogP contribution is 2.71. The third-order valence-electron chi connectivity index (χ3n) is 18.9. The number of carbonyl (C=O) groups excluding carboxylic acids is 4. The molecule has 7 aliphatic rings. The quantitative estimate of drug-likeness (QED) is 0.0802. The second-order valence-corrected chi connectivity index (χ2v) is 22.9. The highest BCUT2D eigenvalue weighted by molar-refractivity contribution is 5.91. The van der Waals surface area contributed by atoms with Crippen molar-refractivity contribution in [3.05, 3.63) is 144 Å². The van der Waals surface area contributed by atoms with Crippen LogP contribution in [0.25, 0.3) is 0 Å². The fourth-order valence-electron chi connectivity index (χ4n) is 15.2. The lowest BCUT2D eigenvalue weighted by Crippen LogP contribution is -2.64. The van der Waals surface area contributed by atoms with Gasteiger partial charge in [-0.25, -0.2) is 19.2 Å². The largest absolute Gasteiger partial charge is 0.459 e. The molecule has 1 spiro atoms. The first kappa shape index (κ1) is 49.8. The van der Waals surface area contributed by atoms with Crippen LogP contribution in [0.1, 0.15) is 133 Å². The summed E-state index contributed by atoms with van der Waals surface area (Å²) < 4.78 is 52.6. The average molecular weight is 995 g/mol. The van der Waals surface area contributed by atoms with E-state index in [9.17, 15) is 19.2 Å². The number of fused-ring (bicyclic) bond motifs is 7. The summed E-state index contributed by atoms with van der Waals surface area (Å²) in [5.74, 6) is 0.375. The summed E-state index contributed by atoms with van der Waals surface area (Å²) in [5.41, 5.74) is 1.33. The van der Waals surface area contributed by atoms with E-state index in [1.807, 2.05) is 0 Å². The molecule has 7 fully saturated rings. The number of carbonyl (C=O) groups is 4. The maximum absolute atomic E-state index is 14.2. The topological polar surface area (TPSA) is 142 Å². The van der Waals surface area contributed by atoms with Gasteiger partial charge in [-0.05, 0) is 153 Å². The molecule has 3 heterocycles. The second kappa shape index (κ2) is 20.4. The number of esters is 4. The highest BCUT2D eigenvalue weighted by atomic mass is 16.7. The molecule has 73 heavy (non-hydrogen) atoms. The Kier molecular flexibility index (Phi) is 13.9. The second-order valence-electron chi connectivity index (χ2n) is 22.9. The third kappa shape index (κ3) is 9.44. The zero-order chi connectivity index (χ0) is 50.5. The zero-order valence-electron chi connectivity index (χ0n) is 42.5. The van der Waals surface area contributed by atoms with Crippen LogP contribution in [0.2, 0.25) is 0 Å². The molecule has 4 aliphatic carbocycles. The Morgan fingerprint density at radius 3 is 1.70 bits per heavy atom. The average Bonchev–Trinajstić information content (AvgIpc) is 3.88. The molecule has 4 aromatic rings. The molecular weight excluding hydrogens is 925 g/mol. The third-order valence-corrected chi connectivity index (χ3v) is 18.9. The van der Waals surface area contributed by atoms with Crippen LogP contribution in [0.4, 0.5) is 0 Å². The Balaban J connectivity index is 0.874. The molecule has 386 valence electrons. The molecule has 3 aliphatic heterocycles. The Morgan fingerprint density at radius 1 is 0.575 bits per heavy atom. The van der Waals surface area contributed by atoms with Crippen molar-refractivity contribution in [2.75, 3.05) is 13.2 Å². The predicted molar refractivity (Wildman–Crippen MR) is 269 cm³/mol. The van der Waals surface area contributed by atoms with Crippen LogP contribution in [-0.4, -0.2) is 85.8 Å². The SMILES string of the molecule is C[C@H]1CC[C@@]2(OC1)O[C@H]1C[C@H]3[C@@H]4CC[C@@H]5C[C@@H](O[C@@H]6OC(COC(=O)c7ccccc7)C(OC(=O)c7ccccc7)C(OC(=O)c7ccccc7)C6OC(=O)c6ccccc6)CC[C@]5(C)[C@H]4CC[C@]3(C)[C@H]1[C@@H]2C. The Labute approximate surface area is 429 Å². The van der Waals surface area contributed by atoms with Gasteiger partial charge in [-0.2, -0.15) is 0 Å². The highest BCUT2D eigenvalue weighted by Gasteiger charge is 2.69. The van der Waals surface area contributed by atoms with Gasteiger partial charge < -0.3 is 37.9 Å². The Morgan fingerprint density at radius 2 is 1.12 bits per heavy atom. The van der Waals surface area contributed by atoms with E-state index in [4.69, 9.17) is 37.9 Å². The number of hydrogen-bond acceptors (Lipinski definition) is 12. The minimum atomic E-state index is -1.48. The van der Waals surface area contributed by atoms with Crippen molar-refractivity contribution in [1.82, 2.24) is 0 Å². The van der Waals surface area contributed by atoms with Crippen molar-refractivity contribution >= 4 is 23.9 Å². The summed E-state index contributed by atoms with van der Waals surface area (Å²) >= 11 is 0. The maximum Gasteiger partial charge on any atom is 0.338 e. The van der Waals surface area contributed by atoms with E-state index in [1.54, 1.807) is 121 Å². The van der Waals surface area contributed by atoms with Gasteiger partial charge in [0.1, 0.15) is 12.7 Å². The van der Waals surface area contributed by atoms with E-state index in [1.165, 1.54) is 12.8 Å². The van der Waals surface area contributed by atoms with Crippen LogP contribution >= 0.6 is 0 Å². The molecule has 0 amide bonds. The standard InChI is InChI=1S/C61H70O12/c1-37-27-32-61(67-35-37)38(2)50-48(73-61)34-47-45-26-25-43-33-44(28-30-59(43,3)46(45)29-31-60(47,50)4)68-58-53(72-57(65)42-23-15-8-16-24-42)52(71-56(64)41-21-13-7-14-22-41)51(70-55(63)40-19-11-6-12-20-40)49(69-58)36-66-54(62)39-17-9-5-10-18-39/h5-24,37-38,43-53,58H,25-36H2,1-4H3/t37-,38-,43+,44-,45+,46-,47-,48-,49?,50-,51?,52?,53?,58+,59-,60-,61+/m0/s1. The molecule has 4 unspecified atom stereocenters. The molecule has 12 heteroatoms. The van der Waals surface area contributed by atoms with E-state index < -0.39 is 67.0 Å². The van der Waals surface area contributed by atoms with Crippen molar-refractivity contribution in [2.24, 2.45) is 52.3 Å². The predicted octanol–water partition coefficient (Wildman–Crippen LogP) is 11.1. The van der Waals surface area contributed by atoms with Gasteiger partial charge in [0.25, 0.3) is 0 Å². The fraction of sp³-hybridized carbons (Fsp3) is 0.541. The number of hydrogen-bond donors (Lipinski definition) is 0. The number of benzene rings is 4. The molecule has 0 radical (unpaired) electrons. The molecule has 3 saturated heterocycles. The number of ether oxygens (including phenoxy) is 8. The van der Waals surface area contributed by atoms with Gasteiger partial charge in [0.2, 0.25) is 0 Å². The van der Waals surface area contributed by atoms with Crippen LogP contribution in [0.5, 0.6) is 0 Å². The molecule has 17 atom stereocenters. The fourth-order valence-corrected chi connectivity index (χ4v) is 15.2. The van der Waals surface area contributed by atoms with Gasteiger partial charge in [0.15, 0.2) is 30.4 Å². The van der Waals surface area contributed by atoms with Gasteiger partial charge in [-0.3, -0.25) is 0 Å². The van der Waals surface area contributed by atoms with E-state index in [2.05, 4.69) is 27.7 Å². The lowest BCUT2D eigenvalue weighted by Gasteiger charge is -2.61. The van der Waals surface area contributed by atoms with Gasteiger partial charge in [-0.15, -0.1) is 0 Å². The minimum Gasteiger partial charge on any atom is -0.459 e. The summed E-state index contributed by atoms with van der Waals surface area (Å²) in [4.78, 5) is 56.1. The first-order valence-corrected chi connectivity index (χ1v) is 27.0. The van der Waals surface area contributed by atoms with Gasteiger partial charge in [0.05, 0.1) is 41.1 Å². The molecule has 0 bridgehead atoms. The summed E-state index contributed by atoms with van der Waals surface area (Å²) in [6, 6.07) is 33.9. The molecule has 0 aromatic heterocycles. The van der Waals surface area contributed by atoms with E-state index >= 15 is 0 Å². The van der Waals surface area contributed by atoms with Crippen LogP contribution in [0.15, 0.2) is 121 Å². The zero-order valence-corrected chi connectivity index (χ0v) is 42.5. The normalized spacial score (nSPS) is 38.4. The van der Waals surface area contributed by atoms with Crippen LogP contribution < -0.4 is 0 Å². The molecular formula is C61H70O12. The Bertz CT molecular complexity index is 2590. The first-order chi connectivity index (χ1) is 35.3. The van der Waals surface area contributed by atoms with Gasteiger partial charge in [-0.1, -0.05) is 100 Å². The van der Waals surface area contributed by atoms with Crippen molar-refractivity contribution in [3.63, 3.8) is 0 Å². The van der Waals surface area contributed by atoms with Crippen molar-refractivity contribution < 1.29 is 57.1 Å². The van der Waals surface area contributed by atoms with Crippen molar-refractivity contribution in [2.45, 2.75) is 141 Å². The van der Waals surface area contributed by atoms with Crippen LogP contribution in [-0.2, 0) is 37.9 Å². The minimum absolute atomic E-state index is 0.101. The summed E-state index contributed by atoms with van der Waals surface area (Å²) in [7, 11) is 0. The molecule has 11 rings (SSSR count). The number of rotatable bonds is 11. The first-order valence-electron chi connectivity index (χ1n) is 27.0.